The van der Waals surface area contributed by atoms with Crippen LogP contribution in [0.3, 0.4) is 0 Å². The molecule has 8 nitrogen and oxygen atoms in total. The van der Waals surface area contributed by atoms with E-state index >= 15 is 0 Å². The van der Waals surface area contributed by atoms with Crippen molar-refractivity contribution in [2.45, 2.75) is 19.4 Å². The van der Waals surface area contributed by atoms with Gasteiger partial charge in [0.2, 0.25) is 0 Å². The molecule has 2 heterocycles. The molecule has 1 aliphatic heterocycles. The first-order valence-corrected chi connectivity index (χ1v) is 10.1. The summed E-state index contributed by atoms with van der Waals surface area (Å²) < 4.78 is 10.4. The van der Waals surface area contributed by atoms with Crippen molar-refractivity contribution in [1.29, 1.82) is 0 Å². The van der Waals surface area contributed by atoms with Gasteiger partial charge < -0.3 is 9.47 Å². The van der Waals surface area contributed by atoms with Crippen LogP contribution in [0.15, 0.2) is 72.1 Å². The number of benzene rings is 2. The SMILES string of the molecule is COc1ccc(C2CC(c3ccccc3)=NN2C(=O)COC(=O)c2cnc(C)cn2)cc1. The van der Waals surface area contributed by atoms with Gasteiger partial charge in [0.05, 0.1) is 30.8 Å². The van der Waals surface area contributed by atoms with Crippen molar-refractivity contribution >= 4 is 17.6 Å². The molecular weight excluding hydrogens is 408 g/mol. The van der Waals surface area contributed by atoms with Crippen molar-refractivity contribution in [2.75, 3.05) is 13.7 Å². The molecule has 32 heavy (non-hydrogen) atoms. The number of ether oxygens (including phenoxy) is 2. The molecule has 1 aliphatic rings. The van der Waals surface area contributed by atoms with Gasteiger partial charge in [0, 0.05) is 12.6 Å². The Kier molecular flexibility index (Phi) is 6.21. The maximum atomic E-state index is 13.0. The summed E-state index contributed by atoms with van der Waals surface area (Å²) in [6.45, 7) is 1.31. The molecule has 1 unspecified atom stereocenters. The van der Waals surface area contributed by atoms with Crippen molar-refractivity contribution in [3.8, 4) is 5.75 Å². The minimum Gasteiger partial charge on any atom is -0.497 e. The van der Waals surface area contributed by atoms with Crippen LogP contribution in [-0.4, -0.2) is 46.3 Å². The van der Waals surface area contributed by atoms with Crippen molar-refractivity contribution in [3.05, 3.63) is 89.5 Å². The first-order chi connectivity index (χ1) is 15.5. The second kappa shape index (κ2) is 9.38. The fourth-order valence-corrected chi connectivity index (χ4v) is 3.40. The highest BCUT2D eigenvalue weighted by atomic mass is 16.5. The molecule has 0 aliphatic carbocycles. The van der Waals surface area contributed by atoms with Crippen LogP contribution in [0.4, 0.5) is 0 Å². The molecule has 2 aromatic carbocycles. The predicted molar refractivity (Wildman–Crippen MR) is 117 cm³/mol. The molecule has 0 fully saturated rings. The van der Waals surface area contributed by atoms with Gasteiger partial charge in [0.1, 0.15) is 5.75 Å². The molecule has 3 aromatic rings. The molecule has 162 valence electrons. The minimum atomic E-state index is -0.710. The van der Waals surface area contributed by atoms with Crippen LogP contribution in [0.5, 0.6) is 5.75 Å². The topological polar surface area (TPSA) is 94.0 Å². The normalized spacial score (nSPS) is 15.2. The second-order valence-electron chi connectivity index (χ2n) is 7.26. The zero-order chi connectivity index (χ0) is 22.5. The minimum absolute atomic E-state index is 0.0463. The Morgan fingerprint density at radius 2 is 1.78 bits per heavy atom. The number of nitrogens with zero attached hydrogens (tertiary/aromatic N) is 4. The Labute approximate surface area is 185 Å². The molecule has 1 atom stereocenters. The van der Waals surface area contributed by atoms with Gasteiger partial charge in [-0.2, -0.15) is 5.10 Å². The summed E-state index contributed by atoms with van der Waals surface area (Å²) in [5.74, 6) is -0.412. The number of carbonyl (C=O) groups is 2. The average Bonchev–Trinajstić information content (AvgIpc) is 3.29. The summed E-state index contributed by atoms with van der Waals surface area (Å²) >= 11 is 0. The summed E-state index contributed by atoms with van der Waals surface area (Å²) in [7, 11) is 1.60. The highest BCUT2D eigenvalue weighted by molar-refractivity contribution is 6.03. The van der Waals surface area contributed by atoms with E-state index in [2.05, 4.69) is 15.1 Å². The van der Waals surface area contributed by atoms with Crippen molar-refractivity contribution in [2.24, 2.45) is 5.10 Å². The Morgan fingerprint density at radius 3 is 2.44 bits per heavy atom. The van der Waals surface area contributed by atoms with E-state index in [1.54, 1.807) is 14.0 Å². The smallest absolute Gasteiger partial charge is 0.359 e. The summed E-state index contributed by atoms with van der Waals surface area (Å²) in [5, 5.41) is 5.96. The zero-order valence-electron chi connectivity index (χ0n) is 17.8. The van der Waals surface area contributed by atoms with Crippen molar-refractivity contribution in [3.63, 3.8) is 0 Å². The summed E-state index contributed by atoms with van der Waals surface area (Å²) in [6, 6.07) is 16.9. The molecular formula is C24H22N4O4. The molecule has 0 saturated heterocycles. The number of hydrazone groups is 1. The van der Waals surface area contributed by atoms with E-state index in [1.165, 1.54) is 17.4 Å². The van der Waals surface area contributed by atoms with Gasteiger partial charge in [-0.1, -0.05) is 42.5 Å². The van der Waals surface area contributed by atoms with Gasteiger partial charge in [-0.3, -0.25) is 9.78 Å². The van der Waals surface area contributed by atoms with E-state index in [0.29, 0.717) is 12.1 Å². The molecule has 0 spiro atoms. The highest BCUT2D eigenvalue weighted by Crippen LogP contribution is 2.33. The van der Waals surface area contributed by atoms with E-state index < -0.39 is 18.5 Å². The highest BCUT2D eigenvalue weighted by Gasteiger charge is 2.33. The quantitative estimate of drug-likeness (QED) is 0.557. The predicted octanol–water partition coefficient (Wildman–Crippen LogP) is 3.33. The molecule has 1 aromatic heterocycles. The van der Waals surface area contributed by atoms with Crippen molar-refractivity contribution < 1.29 is 19.1 Å². The third-order valence-corrected chi connectivity index (χ3v) is 5.09. The first-order valence-electron chi connectivity index (χ1n) is 10.1. The summed E-state index contributed by atoms with van der Waals surface area (Å²) in [6.07, 6.45) is 3.33. The number of hydrogen-bond donors (Lipinski definition) is 0. The van der Waals surface area contributed by atoms with Crippen molar-refractivity contribution in [1.82, 2.24) is 15.0 Å². The Balaban J connectivity index is 1.53. The monoisotopic (exact) mass is 430 g/mol. The molecule has 1 amide bonds. The zero-order valence-corrected chi connectivity index (χ0v) is 17.8. The maximum absolute atomic E-state index is 13.0. The van der Waals surface area contributed by atoms with Crippen LogP contribution in [-0.2, 0) is 9.53 Å². The number of methoxy groups -OCH3 is 1. The Bertz CT molecular complexity index is 1130. The van der Waals surface area contributed by atoms with Crippen LogP contribution in [0, 0.1) is 6.92 Å². The number of aromatic nitrogens is 2. The van der Waals surface area contributed by atoms with E-state index in [9.17, 15) is 9.59 Å². The number of hydrogen-bond acceptors (Lipinski definition) is 7. The van der Waals surface area contributed by atoms with Crippen LogP contribution < -0.4 is 4.74 Å². The van der Waals surface area contributed by atoms with Crippen LogP contribution in [0.2, 0.25) is 0 Å². The van der Waals surface area contributed by atoms with E-state index in [-0.39, 0.29) is 11.7 Å². The number of esters is 1. The number of rotatable bonds is 6. The molecule has 4 rings (SSSR count). The summed E-state index contributed by atoms with van der Waals surface area (Å²) in [5.41, 5.74) is 3.36. The fourth-order valence-electron chi connectivity index (χ4n) is 3.40. The number of amides is 1. The van der Waals surface area contributed by atoms with Gasteiger partial charge in [-0.15, -0.1) is 0 Å². The summed E-state index contributed by atoms with van der Waals surface area (Å²) in [4.78, 5) is 33.2. The van der Waals surface area contributed by atoms with Crippen LogP contribution >= 0.6 is 0 Å². The molecule has 0 N–H and O–H groups in total. The molecule has 0 bridgehead atoms. The van der Waals surface area contributed by atoms with Crippen LogP contribution in [0.25, 0.3) is 0 Å². The fraction of sp³-hybridized carbons (Fsp3) is 0.208. The number of carbonyl (C=O) groups excluding carboxylic acids is 2. The third kappa shape index (κ3) is 4.64. The van der Waals surface area contributed by atoms with Gasteiger partial charge in [0.15, 0.2) is 12.3 Å². The van der Waals surface area contributed by atoms with Gasteiger partial charge in [-0.05, 0) is 30.2 Å². The second-order valence-corrected chi connectivity index (χ2v) is 7.26. The average molecular weight is 430 g/mol. The molecule has 8 heteroatoms. The Hall–Kier alpha value is -4.07. The largest absolute Gasteiger partial charge is 0.497 e. The number of aryl methyl sites for hydroxylation is 1. The molecule has 0 radical (unpaired) electrons. The lowest BCUT2D eigenvalue weighted by Crippen LogP contribution is -2.31. The lowest BCUT2D eigenvalue weighted by Gasteiger charge is -2.22. The van der Waals surface area contributed by atoms with Gasteiger partial charge in [0.25, 0.3) is 5.91 Å². The lowest BCUT2D eigenvalue weighted by atomic mass is 9.98. The third-order valence-electron chi connectivity index (χ3n) is 5.09. The van der Waals surface area contributed by atoms with E-state index in [0.717, 1.165) is 22.6 Å². The Morgan fingerprint density at radius 1 is 1.03 bits per heavy atom. The van der Waals surface area contributed by atoms with Crippen LogP contribution in [0.1, 0.15) is 39.8 Å². The first kappa shape index (κ1) is 21.2. The van der Waals surface area contributed by atoms with E-state index in [1.807, 2.05) is 54.6 Å². The van der Waals surface area contributed by atoms with E-state index in [4.69, 9.17) is 9.47 Å². The lowest BCUT2D eigenvalue weighted by molar-refractivity contribution is -0.136. The van der Waals surface area contributed by atoms with Gasteiger partial charge >= 0.3 is 5.97 Å². The van der Waals surface area contributed by atoms with Gasteiger partial charge in [-0.25, -0.2) is 14.8 Å². The standard InChI is InChI=1S/C24H22N4O4/c1-16-13-26-21(14-25-16)24(30)32-15-23(29)28-22(18-8-10-19(31-2)11-9-18)12-20(27-28)17-6-4-3-5-7-17/h3-11,13-14,22H,12,15H2,1-2H3. The maximum Gasteiger partial charge on any atom is 0.359 e. The molecule has 0 saturated carbocycles.